The van der Waals surface area contributed by atoms with Crippen molar-refractivity contribution in [3.05, 3.63) is 24.3 Å². The molecule has 1 N–H and O–H groups in total. The zero-order chi connectivity index (χ0) is 16.5. The molecule has 0 radical (unpaired) electrons. The maximum absolute atomic E-state index is 11.8. The predicted octanol–water partition coefficient (Wildman–Crippen LogP) is 1.76. The zero-order valence-corrected chi connectivity index (χ0v) is 14.1. The van der Waals surface area contributed by atoms with Crippen LogP contribution in [0, 0.1) is 0 Å². The molecule has 1 heterocycles. The quantitative estimate of drug-likeness (QED) is 0.764. The molecule has 1 amide bonds. The van der Waals surface area contributed by atoms with Gasteiger partial charge in [0, 0.05) is 24.5 Å². The molecule has 7 heteroatoms. The molecule has 126 valence electrons. The van der Waals surface area contributed by atoms with Crippen molar-refractivity contribution in [3.8, 4) is 0 Å². The van der Waals surface area contributed by atoms with Crippen LogP contribution >= 0.6 is 11.8 Å². The monoisotopic (exact) mass is 338 g/mol. The van der Waals surface area contributed by atoms with Gasteiger partial charge in [0.1, 0.15) is 0 Å². The van der Waals surface area contributed by atoms with Gasteiger partial charge in [-0.3, -0.25) is 9.59 Å². The van der Waals surface area contributed by atoms with Crippen molar-refractivity contribution in [1.29, 1.82) is 0 Å². The molecule has 1 fully saturated rings. The van der Waals surface area contributed by atoms with Crippen LogP contribution in [0.4, 0.5) is 11.4 Å². The van der Waals surface area contributed by atoms with E-state index < -0.39 is 0 Å². The highest BCUT2D eigenvalue weighted by atomic mass is 32.2. The van der Waals surface area contributed by atoms with Gasteiger partial charge in [-0.25, -0.2) is 0 Å². The molecule has 1 aliphatic heterocycles. The second-order valence-corrected chi connectivity index (χ2v) is 5.98. The Labute approximate surface area is 140 Å². The van der Waals surface area contributed by atoms with Crippen molar-refractivity contribution in [2.24, 2.45) is 0 Å². The van der Waals surface area contributed by atoms with Gasteiger partial charge in [0.2, 0.25) is 5.91 Å². The minimum absolute atomic E-state index is 0.126. The molecule has 1 aromatic rings. The molecule has 2 rings (SSSR count). The SMILES string of the molecule is CCOC(=O)CSCC(=O)Nc1ccc(N2CCOCC2)cc1. The van der Waals surface area contributed by atoms with Gasteiger partial charge in [-0.2, -0.15) is 0 Å². The van der Waals surface area contributed by atoms with E-state index in [2.05, 4.69) is 10.2 Å². The van der Waals surface area contributed by atoms with Crippen molar-refractivity contribution in [2.45, 2.75) is 6.92 Å². The number of nitrogens with one attached hydrogen (secondary N) is 1. The Morgan fingerprint density at radius 1 is 1.22 bits per heavy atom. The number of thioether (sulfide) groups is 1. The average Bonchev–Trinajstić information content (AvgIpc) is 2.56. The molecule has 0 atom stereocenters. The third-order valence-electron chi connectivity index (χ3n) is 3.29. The van der Waals surface area contributed by atoms with E-state index >= 15 is 0 Å². The summed E-state index contributed by atoms with van der Waals surface area (Å²) >= 11 is 1.25. The topological polar surface area (TPSA) is 67.9 Å². The Morgan fingerprint density at radius 3 is 2.57 bits per heavy atom. The molecule has 1 saturated heterocycles. The van der Waals surface area contributed by atoms with E-state index in [4.69, 9.17) is 9.47 Å². The number of nitrogens with zero attached hydrogens (tertiary/aromatic N) is 1. The number of rotatable bonds is 7. The van der Waals surface area contributed by atoms with E-state index in [9.17, 15) is 9.59 Å². The third-order valence-corrected chi connectivity index (χ3v) is 4.19. The van der Waals surface area contributed by atoms with E-state index in [1.165, 1.54) is 11.8 Å². The Kier molecular flexibility index (Phi) is 7.22. The van der Waals surface area contributed by atoms with Gasteiger partial charge in [0.25, 0.3) is 0 Å². The highest BCUT2D eigenvalue weighted by Gasteiger charge is 2.11. The van der Waals surface area contributed by atoms with Crippen molar-refractivity contribution < 1.29 is 19.1 Å². The lowest BCUT2D eigenvalue weighted by Gasteiger charge is -2.28. The lowest BCUT2D eigenvalue weighted by Crippen LogP contribution is -2.36. The Hall–Kier alpha value is -1.73. The van der Waals surface area contributed by atoms with Crippen molar-refractivity contribution >= 4 is 35.0 Å². The molecule has 0 aromatic heterocycles. The van der Waals surface area contributed by atoms with Crippen molar-refractivity contribution in [1.82, 2.24) is 0 Å². The summed E-state index contributed by atoms with van der Waals surface area (Å²) in [4.78, 5) is 25.3. The van der Waals surface area contributed by atoms with Gasteiger partial charge in [0.05, 0.1) is 31.3 Å². The van der Waals surface area contributed by atoms with Gasteiger partial charge in [-0.05, 0) is 31.2 Å². The fourth-order valence-corrected chi connectivity index (χ4v) is 2.81. The zero-order valence-electron chi connectivity index (χ0n) is 13.2. The Morgan fingerprint density at radius 2 is 1.91 bits per heavy atom. The van der Waals surface area contributed by atoms with Crippen LogP contribution in [0.15, 0.2) is 24.3 Å². The number of morpholine rings is 1. The summed E-state index contributed by atoms with van der Waals surface area (Å²) in [6.45, 7) is 5.38. The molecular formula is C16H22N2O4S. The summed E-state index contributed by atoms with van der Waals surface area (Å²) in [7, 11) is 0. The summed E-state index contributed by atoms with van der Waals surface area (Å²) in [6.07, 6.45) is 0. The van der Waals surface area contributed by atoms with E-state index in [0.717, 1.165) is 37.7 Å². The first kappa shape index (κ1) is 17.6. The molecule has 23 heavy (non-hydrogen) atoms. The minimum Gasteiger partial charge on any atom is -0.465 e. The molecule has 1 aromatic carbocycles. The standard InChI is InChI=1S/C16H22N2O4S/c1-2-22-16(20)12-23-11-15(19)17-13-3-5-14(6-4-13)18-7-9-21-10-8-18/h3-6H,2,7-12H2,1H3,(H,17,19). The van der Waals surface area contributed by atoms with E-state index in [1.807, 2.05) is 24.3 Å². The number of amides is 1. The van der Waals surface area contributed by atoms with E-state index in [0.29, 0.717) is 6.61 Å². The maximum atomic E-state index is 11.8. The van der Waals surface area contributed by atoms with Crippen molar-refractivity contribution in [2.75, 3.05) is 54.6 Å². The molecule has 6 nitrogen and oxygen atoms in total. The fourth-order valence-electron chi connectivity index (χ4n) is 2.20. The summed E-state index contributed by atoms with van der Waals surface area (Å²) in [5.41, 5.74) is 1.88. The number of benzene rings is 1. The van der Waals surface area contributed by atoms with Gasteiger partial charge >= 0.3 is 5.97 Å². The second-order valence-electron chi connectivity index (χ2n) is 4.99. The molecule has 1 aliphatic rings. The fraction of sp³-hybridized carbons (Fsp3) is 0.500. The van der Waals surface area contributed by atoms with Crippen LogP contribution < -0.4 is 10.2 Å². The van der Waals surface area contributed by atoms with Crippen molar-refractivity contribution in [3.63, 3.8) is 0 Å². The van der Waals surface area contributed by atoms with Gasteiger partial charge in [0.15, 0.2) is 0 Å². The van der Waals surface area contributed by atoms with Crippen LogP contribution in [0.2, 0.25) is 0 Å². The van der Waals surface area contributed by atoms with Crippen LogP contribution in [-0.2, 0) is 19.1 Å². The lowest BCUT2D eigenvalue weighted by molar-refractivity contribution is -0.139. The smallest absolute Gasteiger partial charge is 0.315 e. The second kappa shape index (κ2) is 9.42. The maximum Gasteiger partial charge on any atom is 0.315 e. The summed E-state index contributed by atoms with van der Waals surface area (Å²) in [5, 5.41) is 2.82. The van der Waals surface area contributed by atoms with Gasteiger partial charge in [-0.15, -0.1) is 11.8 Å². The molecule has 0 unspecified atom stereocenters. The van der Waals surface area contributed by atoms with Crippen LogP contribution in [0.25, 0.3) is 0 Å². The number of carbonyl (C=O) groups excluding carboxylic acids is 2. The number of hydrogen-bond donors (Lipinski definition) is 1. The largest absolute Gasteiger partial charge is 0.465 e. The van der Waals surface area contributed by atoms with Crippen LogP contribution in [-0.4, -0.2) is 56.3 Å². The number of carbonyl (C=O) groups is 2. The molecule has 0 aliphatic carbocycles. The minimum atomic E-state index is -0.292. The molecular weight excluding hydrogens is 316 g/mol. The molecule has 0 spiro atoms. The molecule has 0 saturated carbocycles. The van der Waals surface area contributed by atoms with Crippen LogP contribution in [0.5, 0.6) is 0 Å². The first-order chi connectivity index (χ1) is 11.2. The van der Waals surface area contributed by atoms with Crippen LogP contribution in [0.1, 0.15) is 6.92 Å². The first-order valence-corrected chi connectivity index (χ1v) is 8.80. The predicted molar refractivity (Wildman–Crippen MR) is 92.1 cm³/mol. The van der Waals surface area contributed by atoms with Gasteiger partial charge < -0.3 is 19.7 Å². The number of hydrogen-bond acceptors (Lipinski definition) is 6. The highest BCUT2D eigenvalue weighted by molar-refractivity contribution is 8.00. The lowest BCUT2D eigenvalue weighted by atomic mass is 10.2. The number of anilines is 2. The van der Waals surface area contributed by atoms with E-state index in [1.54, 1.807) is 6.92 Å². The summed E-state index contributed by atoms with van der Waals surface area (Å²) < 4.78 is 10.1. The molecule has 0 bridgehead atoms. The summed E-state index contributed by atoms with van der Waals surface area (Å²) in [5.74, 6) is -0.0000618. The summed E-state index contributed by atoms with van der Waals surface area (Å²) in [6, 6.07) is 7.76. The van der Waals surface area contributed by atoms with Crippen LogP contribution in [0.3, 0.4) is 0 Å². The first-order valence-electron chi connectivity index (χ1n) is 7.65. The highest BCUT2D eigenvalue weighted by Crippen LogP contribution is 2.19. The number of ether oxygens (including phenoxy) is 2. The van der Waals surface area contributed by atoms with E-state index in [-0.39, 0.29) is 23.4 Å². The Bertz CT molecular complexity index is 515. The average molecular weight is 338 g/mol. The Balaban J connectivity index is 1.74. The normalized spacial score (nSPS) is 14.4. The third kappa shape index (κ3) is 6.11. The number of esters is 1. The van der Waals surface area contributed by atoms with Gasteiger partial charge in [-0.1, -0.05) is 0 Å².